The average Bonchev–Trinajstić information content (AvgIpc) is 3.01. The third-order valence-electron chi connectivity index (χ3n) is 4.51. The number of hydrogen-bond donors (Lipinski definition) is 1. The van der Waals surface area contributed by atoms with Crippen LogP contribution in [0, 0.1) is 5.92 Å². The lowest BCUT2D eigenvalue weighted by atomic mass is 10.1. The molecule has 2 amide bonds. The van der Waals surface area contributed by atoms with E-state index in [0.717, 1.165) is 11.5 Å². The maximum Gasteiger partial charge on any atom is 0.225 e. The quantitative estimate of drug-likeness (QED) is 0.809. The number of nitrogens with one attached hydrogen (secondary N) is 1. The molecule has 1 aliphatic heterocycles. The van der Waals surface area contributed by atoms with Gasteiger partial charge in [-0.15, -0.1) is 0 Å². The van der Waals surface area contributed by atoms with Gasteiger partial charge >= 0.3 is 0 Å². The average molecular weight is 368 g/mol. The highest BCUT2D eigenvalue weighted by Crippen LogP contribution is 2.18. The van der Waals surface area contributed by atoms with Gasteiger partial charge in [-0.3, -0.25) is 14.6 Å². The Morgan fingerprint density at radius 3 is 2.78 bits per heavy atom. The predicted molar refractivity (Wildman–Crippen MR) is 102 cm³/mol. The maximum atomic E-state index is 12.2. The number of carbonyl (C=O) groups is 2. The Balaban J connectivity index is 1.66. The minimum absolute atomic E-state index is 0.0154. The van der Waals surface area contributed by atoms with Gasteiger partial charge in [-0.2, -0.15) is 0 Å². The summed E-state index contributed by atoms with van der Waals surface area (Å²) in [6.07, 6.45) is 2.57. The van der Waals surface area contributed by atoms with Crippen molar-refractivity contribution in [2.24, 2.45) is 5.92 Å². The summed E-state index contributed by atoms with van der Waals surface area (Å²) in [6, 6.07) is 7.52. The highest BCUT2D eigenvalue weighted by Gasteiger charge is 2.31. The zero-order valence-corrected chi connectivity index (χ0v) is 15.8. The fraction of sp³-hybridized carbons (Fsp3) is 0.421. The summed E-state index contributed by atoms with van der Waals surface area (Å²) in [4.78, 5) is 40.8. The van der Waals surface area contributed by atoms with Crippen molar-refractivity contribution in [1.29, 1.82) is 0 Å². The second kappa shape index (κ2) is 8.11. The topological polar surface area (TPSA) is 91.3 Å². The van der Waals surface area contributed by atoms with Crippen LogP contribution in [0.4, 0.5) is 5.82 Å². The number of nitrogens with zero attached hydrogens (tertiary/aromatic N) is 5. The van der Waals surface area contributed by atoms with Gasteiger partial charge in [0.1, 0.15) is 11.5 Å². The smallest absolute Gasteiger partial charge is 0.225 e. The van der Waals surface area contributed by atoms with Crippen molar-refractivity contribution in [1.82, 2.24) is 25.2 Å². The minimum atomic E-state index is -0.269. The van der Waals surface area contributed by atoms with Crippen molar-refractivity contribution in [3.05, 3.63) is 36.2 Å². The number of carbonyl (C=O) groups excluding carboxylic acids is 2. The lowest BCUT2D eigenvalue weighted by Crippen LogP contribution is -2.33. The molecule has 0 radical (unpaired) electrons. The number of likely N-dealkylation sites (tertiary alicyclic amines) is 1. The molecule has 1 atom stereocenters. The normalized spacial score (nSPS) is 16.5. The first-order valence-electron chi connectivity index (χ1n) is 8.92. The van der Waals surface area contributed by atoms with Crippen molar-refractivity contribution >= 4 is 17.6 Å². The zero-order valence-electron chi connectivity index (χ0n) is 15.8. The van der Waals surface area contributed by atoms with Crippen LogP contribution >= 0.6 is 0 Å². The summed E-state index contributed by atoms with van der Waals surface area (Å²) >= 11 is 0. The minimum Gasteiger partial charge on any atom is -0.363 e. The van der Waals surface area contributed by atoms with Crippen LogP contribution in [0.1, 0.15) is 12.1 Å². The maximum absolute atomic E-state index is 12.2. The molecule has 0 spiro atoms. The van der Waals surface area contributed by atoms with E-state index >= 15 is 0 Å². The van der Waals surface area contributed by atoms with Crippen LogP contribution in [0.25, 0.3) is 11.5 Å². The van der Waals surface area contributed by atoms with Gasteiger partial charge in [0.2, 0.25) is 11.8 Å². The molecule has 1 saturated heterocycles. The van der Waals surface area contributed by atoms with Gasteiger partial charge in [-0.25, -0.2) is 9.97 Å². The Kier molecular flexibility index (Phi) is 5.63. The standard InChI is InChI=1S/C19H24N6O2/c1-24(2)16-11-14(22-18(23-16)15-6-4-5-8-20-15)7-9-21-19(27)13-10-17(26)25(3)12-13/h4-6,8,11,13H,7,9-10,12H2,1-3H3,(H,21,27). The fourth-order valence-electron chi connectivity index (χ4n) is 2.95. The number of anilines is 1. The summed E-state index contributed by atoms with van der Waals surface area (Å²) < 4.78 is 0. The molecule has 2 aromatic heterocycles. The Morgan fingerprint density at radius 1 is 1.33 bits per heavy atom. The van der Waals surface area contributed by atoms with E-state index in [4.69, 9.17) is 0 Å². The van der Waals surface area contributed by atoms with Gasteiger partial charge < -0.3 is 15.1 Å². The molecule has 2 aromatic rings. The van der Waals surface area contributed by atoms with Crippen LogP contribution in [0.15, 0.2) is 30.5 Å². The third kappa shape index (κ3) is 4.58. The molecular weight excluding hydrogens is 344 g/mol. The first-order chi connectivity index (χ1) is 12.9. The van der Waals surface area contributed by atoms with E-state index in [1.54, 1.807) is 18.1 Å². The van der Waals surface area contributed by atoms with Crippen LogP contribution in [-0.2, 0) is 16.0 Å². The lowest BCUT2D eigenvalue weighted by molar-refractivity contribution is -0.128. The highest BCUT2D eigenvalue weighted by atomic mass is 16.2. The summed E-state index contributed by atoms with van der Waals surface area (Å²) in [6.45, 7) is 0.936. The van der Waals surface area contributed by atoms with Crippen molar-refractivity contribution < 1.29 is 9.59 Å². The molecule has 3 rings (SSSR count). The zero-order chi connectivity index (χ0) is 19.4. The summed E-state index contributed by atoms with van der Waals surface area (Å²) in [5, 5.41) is 2.91. The van der Waals surface area contributed by atoms with Crippen molar-refractivity contribution in [3.8, 4) is 11.5 Å². The van der Waals surface area contributed by atoms with Gasteiger partial charge in [0.05, 0.1) is 5.92 Å². The number of pyridine rings is 1. The van der Waals surface area contributed by atoms with E-state index in [0.29, 0.717) is 31.0 Å². The lowest BCUT2D eigenvalue weighted by Gasteiger charge is -2.15. The Hall–Kier alpha value is -3.03. The molecule has 0 aromatic carbocycles. The van der Waals surface area contributed by atoms with Crippen molar-refractivity contribution in [2.75, 3.05) is 39.1 Å². The van der Waals surface area contributed by atoms with Crippen molar-refractivity contribution in [3.63, 3.8) is 0 Å². The summed E-state index contributed by atoms with van der Waals surface area (Å²) in [7, 11) is 5.56. The van der Waals surface area contributed by atoms with Crippen molar-refractivity contribution in [2.45, 2.75) is 12.8 Å². The largest absolute Gasteiger partial charge is 0.363 e. The van der Waals surface area contributed by atoms with Crippen LogP contribution in [-0.4, -0.2) is 65.9 Å². The summed E-state index contributed by atoms with van der Waals surface area (Å²) in [5.41, 5.74) is 1.54. The van der Waals surface area contributed by atoms with Gasteiger partial charge in [0.25, 0.3) is 0 Å². The van der Waals surface area contributed by atoms with Crippen LogP contribution in [0.5, 0.6) is 0 Å². The van der Waals surface area contributed by atoms with E-state index in [2.05, 4.69) is 20.3 Å². The molecule has 0 aliphatic carbocycles. The molecule has 142 valence electrons. The third-order valence-corrected chi connectivity index (χ3v) is 4.51. The number of aromatic nitrogens is 3. The SMILES string of the molecule is CN1CC(C(=O)NCCc2cc(N(C)C)nc(-c3ccccn3)n2)CC1=O. The molecule has 0 saturated carbocycles. The van der Waals surface area contributed by atoms with E-state index in [9.17, 15) is 9.59 Å². The second-order valence-electron chi connectivity index (χ2n) is 6.87. The fourth-order valence-corrected chi connectivity index (χ4v) is 2.95. The molecule has 1 fully saturated rings. The molecule has 27 heavy (non-hydrogen) atoms. The van der Waals surface area contributed by atoms with Crippen LogP contribution in [0.2, 0.25) is 0 Å². The molecule has 1 N–H and O–H groups in total. The Morgan fingerprint density at radius 2 is 2.15 bits per heavy atom. The Labute approximate surface area is 158 Å². The van der Waals surface area contributed by atoms with Gasteiger partial charge in [0.15, 0.2) is 5.82 Å². The number of amides is 2. The van der Waals surface area contributed by atoms with E-state index < -0.39 is 0 Å². The van der Waals surface area contributed by atoms with Gasteiger partial charge in [-0.1, -0.05) is 6.07 Å². The highest BCUT2D eigenvalue weighted by molar-refractivity contribution is 5.89. The first kappa shape index (κ1) is 18.8. The molecule has 1 unspecified atom stereocenters. The van der Waals surface area contributed by atoms with E-state index in [-0.39, 0.29) is 24.2 Å². The Bertz CT molecular complexity index is 824. The monoisotopic (exact) mass is 368 g/mol. The molecule has 1 aliphatic rings. The molecule has 8 heteroatoms. The molecule has 3 heterocycles. The van der Waals surface area contributed by atoms with Gasteiger partial charge in [0, 0.05) is 65.0 Å². The predicted octanol–water partition coefficient (Wildman–Crippen LogP) is 0.742. The van der Waals surface area contributed by atoms with Crippen LogP contribution in [0.3, 0.4) is 0 Å². The van der Waals surface area contributed by atoms with E-state index in [1.165, 1.54) is 0 Å². The number of rotatable bonds is 6. The molecule has 0 bridgehead atoms. The molecule has 8 nitrogen and oxygen atoms in total. The van der Waals surface area contributed by atoms with Crippen LogP contribution < -0.4 is 10.2 Å². The second-order valence-corrected chi connectivity index (χ2v) is 6.87. The first-order valence-corrected chi connectivity index (χ1v) is 8.92. The van der Waals surface area contributed by atoms with E-state index in [1.807, 2.05) is 43.3 Å². The van der Waals surface area contributed by atoms with Gasteiger partial charge in [-0.05, 0) is 12.1 Å². The number of hydrogen-bond acceptors (Lipinski definition) is 6. The summed E-state index contributed by atoms with van der Waals surface area (Å²) in [5.74, 6) is 1.01. The molecular formula is C19H24N6O2.